The quantitative estimate of drug-likeness (QED) is 0.907. The van der Waals surface area contributed by atoms with E-state index in [0.29, 0.717) is 6.04 Å². The fraction of sp³-hybridized carbons (Fsp3) is 0.571. The summed E-state index contributed by atoms with van der Waals surface area (Å²) in [6.45, 7) is 2.49. The minimum absolute atomic E-state index is 0.227. The normalized spacial score (nSPS) is 17.9. The first-order chi connectivity index (χ1) is 8.76. The Hall–Kier alpha value is -0.580. The van der Waals surface area contributed by atoms with Crippen molar-refractivity contribution in [1.82, 2.24) is 4.90 Å². The third kappa shape index (κ3) is 3.05. The van der Waals surface area contributed by atoms with Crippen molar-refractivity contribution in [3.63, 3.8) is 0 Å². The monoisotopic (exact) mass is 313 g/mol. The van der Waals surface area contributed by atoms with Crippen LogP contribution in [0.15, 0.2) is 22.7 Å². The van der Waals surface area contributed by atoms with Crippen molar-refractivity contribution >= 4 is 15.9 Å². The molecule has 1 aromatic carbocycles. The van der Waals surface area contributed by atoms with Crippen LogP contribution in [-0.4, -0.2) is 36.8 Å². The van der Waals surface area contributed by atoms with E-state index in [1.807, 2.05) is 6.07 Å². The molecular formula is C14H20BrNO2. The third-order valence-corrected chi connectivity index (χ3v) is 4.16. The Labute approximate surface area is 117 Å². The molecule has 1 fully saturated rings. The number of nitrogens with zero attached hydrogens (tertiary/aromatic N) is 1. The molecule has 1 aliphatic rings. The van der Waals surface area contributed by atoms with Crippen molar-refractivity contribution in [1.29, 1.82) is 0 Å². The molecule has 1 aromatic rings. The highest BCUT2D eigenvalue weighted by Gasteiger charge is 2.23. The van der Waals surface area contributed by atoms with E-state index in [-0.39, 0.29) is 6.61 Å². The standard InChI is InChI=1S/C14H20BrNO2/c1-18-14-5-4-11(10-12(14)15)13(6-9-17)16-7-2-3-8-16/h4-5,10,13,17H,2-3,6-9H2,1H3. The molecule has 0 radical (unpaired) electrons. The summed E-state index contributed by atoms with van der Waals surface area (Å²) in [5.74, 6) is 0.850. The largest absolute Gasteiger partial charge is 0.496 e. The Kier molecular flexibility index (Phi) is 5.03. The van der Waals surface area contributed by atoms with Gasteiger partial charge in [-0.1, -0.05) is 6.07 Å². The molecule has 1 heterocycles. The van der Waals surface area contributed by atoms with Gasteiger partial charge in [0.05, 0.1) is 11.6 Å². The van der Waals surface area contributed by atoms with Crippen LogP contribution in [0.1, 0.15) is 30.9 Å². The first-order valence-electron chi connectivity index (χ1n) is 6.44. The molecule has 0 amide bonds. The average molecular weight is 314 g/mol. The minimum Gasteiger partial charge on any atom is -0.496 e. The lowest BCUT2D eigenvalue weighted by molar-refractivity contribution is 0.185. The van der Waals surface area contributed by atoms with Gasteiger partial charge in [0, 0.05) is 12.6 Å². The van der Waals surface area contributed by atoms with E-state index in [9.17, 15) is 5.11 Å². The van der Waals surface area contributed by atoms with E-state index >= 15 is 0 Å². The second kappa shape index (κ2) is 6.55. The maximum Gasteiger partial charge on any atom is 0.133 e. The molecule has 1 aliphatic heterocycles. The Morgan fingerprint density at radius 1 is 1.39 bits per heavy atom. The lowest BCUT2D eigenvalue weighted by Crippen LogP contribution is -2.26. The Balaban J connectivity index is 2.21. The van der Waals surface area contributed by atoms with E-state index in [1.165, 1.54) is 18.4 Å². The zero-order valence-electron chi connectivity index (χ0n) is 10.7. The summed E-state index contributed by atoms with van der Waals surface area (Å²) in [5, 5.41) is 9.27. The summed E-state index contributed by atoms with van der Waals surface area (Å²) in [7, 11) is 1.67. The molecule has 100 valence electrons. The number of hydrogen-bond acceptors (Lipinski definition) is 3. The fourth-order valence-corrected chi connectivity index (χ4v) is 3.18. The van der Waals surface area contributed by atoms with Crippen LogP contribution >= 0.6 is 15.9 Å². The van der Waals surface area contributed by atoms with Gasteiger partial charge in [-0.15, -0.1) is 0 Å². The van der Waals surface area contributed by atoms with Crippen molar-refractivity contribution < 1.29 is 9.84 Å². The molecule has 0 saturated carbocycles. The zero-order chi connectivity index (χ0) is 13.0. The second-order valence-corrected chi connectivity index (χ2v) is 5.52. The van der Waals surface area contributed by atoms with E-state index in [2.05, 4.69) is 33.0 Å². The lowest BCUT2D eigenvalue weighted by Gasteiger charge is -2.27. The highest BCUT2D eigenvalue weighted by atomic mass is 79.9. The molecule has 0 aromatic heterocycles. The van der Waals surface area contributed by atoms with Gasteiger partial charge in [0.2, 0.25) is 0 Å². The number of halogens is 1. The number of hydrogen-bond donors (Lipinski definition) is 1. The van der Waals surface area contributed by atoms with Crippen LogP contribution in [0.2, 0.25) is 0 Å². The predicted molar refractivity (Wildman–Crippen MR) is 75.9 cm³/mol. The van der Waals surface area contributed by atoms with E-state index in [0.717, 1.165) is 29.7 Å². The zero-order valence-corrected chi connectivity index (χ0v) is 12.3. The molecule has 1 unspecified atom stereocenters. The van der Waals surface area contributed by atoms with Crippen LogP contribution in [0.25, 0.3) is 0 Å². The molecule has 2 rings (SSSR count). The third-order valence-electron chi connectivity index (χ3n) is 3.54. The van der Waals surface area contributed by atoms with Crippen molar-refractivity contribution in [3.05, 3.63) is 28.2 Å². The molecule has 3 nitrogen and oxygen atoms in total. The van der Waals surface area contributed by atoms with Crippen molar-refractivity contribution in [2.75, 3.05) is 26.8 Å². The highest BCUT2D eigenvalue weighted by molar-refractivity contribution is 9.10. The fourth-order valence-electron chi connectivity index (χ4n) is 2.63. The first-order valence-corrected chi connectivity index (χ1v) is 7.24. The lowest BCUT2D eigenvalue weighted by atomic mass is 10.0. The second-order valence-electron chi connectivity index (χ2n) is 4.67. The van der Waals surface area contributed by atoms with E-state index < -0.39 is 0 Å². The van der Waals surface area contributed by atoms with Crippen LogP contribution in [0.5, 0.6) is 5.75 Å². The van der Waals surface area contributed by atoms with Crippen LogP contribution in [0.3, 0.4) is 0 Å². The molecule has 0 bridgehead atoms. The summed E-state index contributed by atoms with van der Waals surface area (Å²) >= 11 is 3.53. The smallest absolute Gasteiger partial charge is 0.133 e. The van der Waals surface area contributed by atoms with Crippen LogP contribution in [0.4, 0.5) is 0 Å². The number of aliphatic hydroxyl groups is 1. The summed E-state index contributed by atoms with van der Waals surface area (Å²) < 4.78 is 6.23. The number of aliphatic hydroxyl groups excluding tert-OH is 1. The Bertz CT molecular complexity index is 391. The summed E-state index contributed by atoms with van der Waals surface area (Å²) in [6.07, 6.45) is 3.32. The highest BCUT2D eigenvalue weighted by Crippen LogP contribution is 2.33. The maximum atomic E-state index is 9.27. The first kappa shape index (κ1) is 13.8. The summed E-state index contributed by atoms with van der Waals surface area (Å²) in [5.41, 5.74) is 1.25. The van der Waals surface area contributed by atoms with Crippen LogP contribution in [0, 0.1) is 0 Å². The Morgan fingerprint density at radius 3 is 2.67 bits per heavy atom. The number of methoxy groups -OCH3 is 1. The van der Waals surface area contributed by atoms with Gasteiger partial charge in [-0.05, 0) is 66.0 Å². The molecular weight excluding hydrogens is 294 g/mol. The molecule has 4 heteroatoms. The van der Waals surface area contributed by atoms with Crippen molar-refractivity contribution in [3.8, 4) is 5.75 Å². The van der Waals surface area contributed by atoms with Crippen molar-refractivity contribution in [2.24, 2.45) is 0 Å². The number of benzene rings is 1. The summed E-state index contributed by atoms with van der Waals surface area (Å²) in [4.78, 5) is 2.46. The van der Waals surface area contributed by atoms with Crippen molar-refractivity contribution in [2.45, 2.75) is 25.3 Å². The van der Waals surface area contributed by atoms with Gasteiger partial charge < -0.3 is 9.84 Å². The minimum atomic E-state index is 0.227. The van der Waals surface area contributed by atoms with Gasteiger partial charge in [-0.3, -0.25) is 4.90 Å². The molecule has 1 atom stereocenters. The predicted octanol–water partition coefficient (Wildman–Crippen LogP) is 2.98. The van der Waals surface area contributed by atoms with Gasteiger partial charge in [0.25, 0.3) is 0 Å². The Morgan fingerprint density at radius 2 is 2.11 bits per heavy atom. The van der Waals surface area contributed by atoms with Gasteiger partial charge >= 0.3 is 0 Å². The topological polar surface area (TPSA) is 32.7 Å². The van der Waals surface area contributed by atoms with Gasteiger partial charge in [-0.2, -0.15) is 0 Å². The number of rotatable bonds is 5. The van der Waals surface area contributed by atoms with Gasteiger partial charge in [0.1, 0.15) is 5.75 Å². The number of likely N-dealkylation sites (tertiary alicyclic amines) is 1. The SMILES string of the molecule is COc1ccc(C(CCO)N2CCCC2)cc1Br. The average Bonchev–Trinajstić information content (AvgIpc) is 2.89. The van der Waals surface area contributed by atoms with E-state index in [4.69, 9.17) is 4.74 Å². The molecule has 1 saturated heterocycles. The van der Waals surface area contributed by atoms with Crippen LogP contribution < -0.4 is 4.74 Å². The van der Waals surface area contributed by atoms with Gasteiger partial charge in [0.15, 0.2) is 0 Å². The molecule has 0 spiro atoms. The van der Waals surface area contributed by atoms with Gasteiger partial charge in [-0.25, -0.2) is 0 Å². The number of ether oxygens (including phenoxy) is 1. The molecule has 0 aliphatic carbocycles. The maximum absolute atomic E-state index is 9.27. The molecule has 1 N–H and O–H groups in total. The molecule has 18 heavy (non-hydrogen) atoms. The summed E-state index contributed by atoms with van der Waals surface area (Å²) in [6, 6.07) is 6.51. The van der Waals surface area contributed by atoms with Crippen LogP contribution in [-0.2, 0) is 0 Å². The van der Waals surface area contributed by atoms with E-state index in [1.54, 1.807) is 7.11 Å².